The maximum Gasteiger partial charge on any atom is 0.348 e. The second-order valence-electron chi connectivity index (χ2n) is 12.0. The molecule has 2 atom stereocenters. The molecule has 0 aromatic heterocycles. The highest BCUT2D eigenvalue weighted by Crippen LogP contribution is 2.46. The van der Waals surface area contributed by atoms with Gasteiger partial charge in [-0.2, -0.15) is 0 Å². The molecule has 2 aliphatic carbocycles. The third-order valence-corrected chi connectivity index (χ3v) is 8.76. The Morgan fingerprint density at radius 2 is 1.26 bits per heavy atom. The monoisotopic (exact) mass is 690 g/mol. The second-order valence-corrected chi connectivity index (χ2v) is 12.0. The van der Waals surface area contributed by atoms with Crippen LogP contribution in [-0.2, 0) is 57.2 Å². The van der Waals surface area contributed by atoms with E-state index in [-0.39, 0.29) is 49.7 Å². The molecule has 3 heterocycles. The molecular weight excluding hydrogens is 656 g/mol. The molecule has 14 nitrogen and oxygen atoms in total. The second kappa shape index (κ2) is 14.7. The molecule has 262 valence electrons. The summed E-state index contributed by atoms with van der Waals surface area (Å²) in [5.41, 5.74) is -0.979. The van der Waals surface area contributed by atoms with Crippen molar-refractivity contribution in [1.82, 2.24) is 0 Å². The highest BCUT2D eigenvalue weighted by atomic mass is 16.8. The summed E-state index contributed by atoms with van der Waals surface area (Å²) in [4.78, 5) is 75.6. The van der Waals surface area contributed by atoms with Crippen LogP contribution in [0.3, 0.4) is 0 Å². The molecular formula is C36H34O14. The van der Waals surface area contributed by atoms with Crippen molar-refractivity contribution in [2.45, 2.75) is 82.1 Å². The molecule has 5 aliphatic rings. The predicted octanol–water partition coefficient (Wildman–Crippen LogP) is 3.77. The number of aliphatic hydroxyl groups is 2. The van der Waals surface area contributed by atoms with Crippen molar-refractivity contribution < 1.29 is 67.4 Å². The summed E-state index contributed by atoms with van der Waals surface area (Å²) in [5, 5.41) is 19.3. The smallest absolute Gasteiger partial charge is 0.348 e. The Hall–Kier alpha value is -5.84. The first-order chi connectivity index (χ1) is 23.9. The highest BCUT2D eigenvalue weighted by Gasteiger charge is 2.57. The number of hydrogen-bond acceptors (Lipinski definition) is 14. The lowest BCUT2D eigenvalue weighted by molar-refractivity contribution is -0.291. The van der Waals surface area contributed by atoms with Gasteiger partial charge in [0.15, 0.2) is 0 Å². The molecule has 2 saturated carbocycles. The molecule has 0 radical (unpaired) electrons. The summed E-state index contributed by atoms with van der Waals surface area (Å²) in [5.74, 6) is -9.06. The van der Waals surface area contributed by atoms with Crippen LogP contribution in [0.4, 0.5) is 0 Å². The molecule has 3 aliphatic heterocycles. The summed E-state index contributed by atoms with van der Waals surface area (Å²) in [6, 6.07) is 0. The standard InChI is InChI=1S/C36H34O14/c1-2-3-4-6-12-25-28(39)45-34(46-29(25)40)17-19-35(20-18-34)47-30(41)26(31(42)48-35)13-7-5-8-14-27-32(43)49-36(50-33(27)44)16-10-9-11-23(36)22-24(38)15-21-37/h2-8,12-14,23,37,43H,9-11,16-20,22H2,1H3. The number of Topliss-reactive ketones (excluding diaryl/α,β-unsaturated/α-hetero) is 1. The van der Waals surface area contributed by atoms with Gasteiger partial charge in [0.05, 0.1) is 0 Å². The van der Waals surface area contributed by atoms with E-state index >= 15 is 0 Å². The first-order valence-electron chi connectivity index (χ1n) is 16.0. The minimum atomic E-state index is -1.63. The van der Waals surface area contributed by atoms with Crippen molar-refractivity contribution in [1.29, 1.82) is 0 Å². The van der Waals surface area contributed by atoms with E-state index in [0.717, 1.165) is 12.5 Å². The summed E-state index contributed by atoms with van der Waals surface area (Å²) < 4.78 is 33.2. The Kier molecular flexibility index (Phi) is 10.5. The van der Waals surface area contributed by atoms with Crippen LogP contribution < -0.4 is 0 Å². The lowest BCUT2D eigenvalue weighted by Crippen LogP contribution is -2.56. The van der Waals surface area contributed by atoms with Gasteiger partial charge in [0.1, 0.15) is 22.8 Å². The van der Waals surface area contributed by atoms with Gasteiger partial charge in [-0.3, -0.25) is 4.79 Å². The van der Waals surface area contributed by atoms with E-state index in [2.05, 4.69) is 0 Å². The number of ketones is 1. The van der Waals surface area contributed by atoms with E-state index in [4.69, 9.17) is 33.5 Å². The van der Waals surface area contributed by atoms with E-state index in [1.165, 1.54) is 36.5 Å². The zero-order chi connectivity index (χ0) is 35.9. The Balaban J connectivity index is 1.17. The Morgan fingerprint density at radius 3 is 1.76 bits per heavy atom. The zero-order valence-corrected chi connectivity index (χ0v) is 27.0. The van der Waals surface area contributed by atoms with Crippen molar-refractivity contribution in [3.05, 3.63) is 83.4 Å². The maximum absolute atomic E-state index is 12.8. The van der Waals surface area contributed by atoms with Gasteiger partial charge in [0, 0.05) is 50.4 Å². The minimum Gasteiger partial charge on any atom is -0.480 e. The molecule has 2 unspecified atom stereocenters. The third kappa shape index (κ3) is 7.57. The molecule has 14 heteroatoms. The quantitative estimate of drug-likeness (QED) is 0.0977. The van der Waals surface area contributed by atoms with Crippen LogP contribution in [0.2, 0.25) is 0 Å². The lowest BCUT2D eigenvalue weighted by atomic mass is 9.79. The molecule has 5 rings (SSSR count). The molecule has 0 bridgehead atoms. The fourth-order valence-electron chi connectivity index (χ4n) is 6.22. The molecule has 2 N–H and O–H groups in total. The van der Waals surface area contributed by atoms with Gasteiger partial charge in [-0.25, -0.2) is 24.0 Å². The summed E-state index contributed by atoms with van der Waals surface area (Å²) >= 11 is 0. The number of carbonyl (C=O) groups excluding carboxylic acids is 6. The van der Waals surface area contributed by atoms with Crippen LogP contribution in [0.5, 0.6) is 0 Å². The summed E-state index contributed by atoms with van der Waals surface area (Å²) in [6.07, 6.45) is 17.4. The zero-order valence-electron chi connectivity index (χ0n) is 27.0. The van der Waals surface area contributed by atoms with Crippen LogP contribution in [-0.4, -0.2) is 63.2 Å². The Bertz CT molecular complexity index is 1700. The number of ether oxygens (including phenoxy) is 6. The van der Waals surface area contributed by atoms with Gasteiger partial charge in [0.25, 0.3) is 23.3 Å². The topological polar surface area (TPSA) is 198 Å². The molecule has 2 saturated heterocycles. The van der Waals surface area contributed by atoms with Gasteiger partial charge in [-0.1, -0.05) is 49.0 Å². The lowest BCUT2D eigenvalue weighted by Gasteiger charge is -2.45. The first-order valence-corrected chi connectivity index (χ1v) is 16.0. The fraction of sp³-hybridized carbons (Fsp3) is 0.389. The van der Waals surface area contributed by atoms with Crippen molar-refractivity contribution in [2.24, 2.45) is 5.92 Å². The Labute approximate surface area is 286 Å². The van der Waals surface area contributed by atoms with Gasteiger partial charge in [-0.05, 0) is 38.0 Å². The van der Waals surface area contributed by atoms with Gasteiger partial charge < -0.3 is 38.6 Å². The van der Waals surface area contributed by atoms with E-state index < -0.39 is 70.4 Å². The normalized spacial score (nSPS) is 29.9. The number of aliphatic hydroxyl groups excluding tert-OH is 2. The Morgan fingerprint density at radius 1 is 0.720 bits per heavy atom. The molecule has 3 spiro atoms. The molecule has 0 amide bonds. The first kappa shape index (κ1) is 35.5. The van der Waals surface area contributed by atoms with Crippen LogP contribution in [0.25, 0.3) is 0 Å². The van der Waals surface area contributed by atoms with Gasteiger partial charge in [-0.15, -0.1) is 0 Å². The van der Waals surface area contributed by atoms with Crippen LogP contribution in [0.15, 0.2) is 83.4 Å². The number of rotatable bonds is 7. The molecule has 4 fully saturated rings. The van der Waals surface area contributed by atoms with Crippen molar-refractivity contribution in [3.8, 4) is 12.0 Å². The minimum absolute atomic E-state index is 0.0797. The van der Waals surface area contributed by atoms with E-state index in [0.29, 0.717) is 12.8 Å². The summed E-state index contributed by atoms with van der Waals surface area (Å²) in [6.45, 7) is 1.81. The fourth-order valence-corrected chi connectivity index (χ4v) is 6.22. The number of hydrogen-bond donors (Lipinski definition) is 2. The number of esters is 5. The maximum atomic E-state index is 12.8. The highest BCUT2D eigenvalue weighted by molar-refractivity contribution is 6.16. The van der Waals surface area contributed by atoms with Crippen LogP contribution in [0.1, 0.15) is 64.7 Å². The van der Waals surface area contributed by atoms with Crippen molar-refractivity contribution >= 4 is 35.6 Å². The van der Waals surface area contributed by atoms with Crippen molar-refractivity contribution in [2.75, 3.05) is 0 Å². The number of carbonyl (C=O) groups is 6. The molecule has 50 heavy (non-hydrogen) atoms. The summed E-state index contributed by atoms with van der Waals surface area (Å²) in [7, 11) is 0. The largest absolute Gasteiger partial charge is 0.480 e. The SMILES string of the molecule is CC=CC=CC=C1C(=O)OC2(CCC3(CC2)OC(=O)C(=CC=CC=CC2=C(O)OC4(CCCCC4CC(=O)C#CO)OC2=O)C(=O)O3)OC1=O. The number of allylic oxidation sites excluding steroid dienone is 9. The van der Waals surface area contributed by atoms with Gasteiger partial charge in [0.2, 0.25) is 5.78 Å². The van der Waals surface area contributed by atoms with Crippen molar-refractivity contribution in [3.63, 3.8) is 0 Å². The molecule has 0 aromatic carbocycles. The van der Waals surface area contributed by atoms with E-state index in [9.17, 15) is 33.9 Å². The average molecular weight is 691 g/mol. The van der Waals surface area contributed by atoms with E-state index in [1.807, 2.05) is 12.8 Å². The van der Waals surface area contributed by atoms with E-state index in [1.54, 1.807) is 24.3 Å². The van der Waals surface area contributed by atoms with Crippen LogP contribution in [0, 0.1) is 17.9 Å². The predicted molar refractivity (Wildman–Crippen MR) is 168 cm³/mol. The average Bonchev–Trinajstić information content (AvgIpc) is 3.05. The van der Waals surface area contributed by atoms with Crippen LogP contribution >= 0.6 is 0 Å². The molecule has 0 aromatic rings. The third-order valence-electron chi connectivity index (χ3n) is 8.76. The van der Waals surface area contributed by atoms with Gasteiger partial charge >= 0.3 is 29.8 Å².